The quantitative estimate of drug-likeness (QED) is 0.881. The van der Waals surface area contributed by atoms with Crippen molar-refractivity contribution >= 4 is 31.9 Å². The lowest BCUT2D eigenvalue weighted by Crippen LogP contribution is -2.44. The summed E-state index contributed by atoms with van der Waals surface area (Å²) in [6.45, 7) is 0.266. The second kappa shape index (κ2) is 5.79. The third-order valence-corrected chi connectivity index (χ3v) is 5.67. The van der Waals surface area contributed by atoms with E-state index in [2.05, 4.69) is 15.9 Å². The molecule has 110 valence electrons. The van der Waals surface area contributed by atoms with Gasteiger partial charge in [-0.15, -0.1) is 0 Å². The van der Waals surface area contributed by atoms with Crippen LogP contribution in [0.1, 0.15) is 12.8 Å². The minimum atomic E-state index is -3.96. The van der Waals surface area contributed by atoms with Crippen molar-refractivity contribution in [2.45, 2.75) is 17.7 Å². The van der Waals surface area contributed by atoms with Gasteiger partial charge in [-0.05, 0) is 31.0 Å². The molecule has 1 aromatic carbocycles. The number of piperidine rings is 1. The molecule has 0 spiro atoms. The minimum absolute atomic E-state index is 0.00359. The molecule has 2 rings (SSSR count). The number of benzene rings is 1. The summed E-state index contributed by atoms with van der Waals surface area (Å²) in [5.41, 5.74) is 5.22. The van der Waals surface area contributed by atoms with Crippen LogP contribution in [0.5, 0.6) is 0 Å². The monoisotopic (exact) mass is 364 g/mol. The van der Waals surface area contributed by atoms with E-state index >= 15 is 0 Å². The average Bonchev–Trinajstić information content (AvgIpc) is 2.41. The van der Waals surface area contributed by atoms with Crippen molar-refractivity contribution in [1.82, 2.24) is 4.31 Å². The van der Waals surface area contributed by atoms with Crippen LogP contribution in [0.25, 0.3) is 0 Å². The van der Waals surface area contributed by atoms with E-state index in [0.717, 1.165) is 10.4 Å². The lowest BCUT2D eigenvalue weighted by Gasteiger charge is -2.30. The summed E-state index contributed by atoms with van der Waals surface area (Å²) in [5, 5.41) is 0. The summed E-state index contributed by atoms with van der Waals surface area (Å²) in [6, 6.07) is 3.74. The van der Waals surface area contributed by atoms with Gasteiger partial charge in [-0.25, -0.2) is 12.8 Å². The summed E-state index contributed by atoms with van der Waals surface area (Å²) < 4.78 is 40.2. The second-order valence-corrected chi connectivity index (χ2v) is 7.50. The van der Waals surface area contributed by atoms with Crippen LogP contribution in [0.2, 0.25) is 0 Å². The number of sulfonamides is 1. The number of halogens is 2. The van der Waals surface area contributed by atoms with Crippen molar-refractivity contribution in [1.29, 1.82) is 0 Å². The zero-order valence-electron chi connectivity index (χ0n) is 10.6. The molecule has 0 radical (unpaired) electrons. The van der Waals surface area contributed by atoms with Crippen molar-refractivity contribution in [3.05, 3.63) is 28.5 Å². The fourth-order valence-electron chi connectivity index (χ4n) is 2.21. The van der Waals surface area contributed by atoms with E-state index < -0.39 is 32.6 Å². The molecule has 1 fully saturated rings. The van der Waals surface area contributed by atoms with E-state index in [-0.39, 0.29) is 13.1 Å². The SMILES string of the molecule is NC(=O)[C@@H]1CCCN(S(=O)(=O)c2cc(Br)ccc2F)C1. The van der Waals surface area contributed by atoms with E-state index in [9.17, 15) is 17.6 Å². The number of hydrogen-bond donors (Lipinski definition) is 1. The number of rotatable bonds is 3. The molecule has 0 aromatic heterocycles. The van der Waals surface area contributed by atoms with Crippen molar-refractivity contribution < 1.29 is 17.6 Å². The third-order valence-electron chi connectivity index (χ3n) is 3.30. The van der Waals surface area contributed by atoms with Crippen molar-refractivity contribution in [2.75, 3.05) is 13.1 Å². The molecular weight excluding hydrogens is 351 g/mol. The molecule has 0 unspecified atom stereocenters. The largest absolute Gasteiger partial charge is 0.369 e. The molecule has 0 saturated carbocycles. The number of nitrogens with zero attached hydrogens (tertiary/aromatic N) is 1. The molecule has 1 saturated heterocycles. The Bertz CT molecular complexity index is 636. The average molecular weight is 365 g/mol. The Balaban J connectivity index is 2.35. The molecule has 1 aliphatic rings. The predicted molar refractivity (Wildman–Crippen MR) is 74.8 cm³/mol. The first-order valence-electron chi connectivity index (χ1n) is 6.07. The smallest absolute Gasteiger partial charge is 0.246 e. The van der Waals surface area contributed by atoms with E-state index in [1.54, 1.807) is 0 Å². The summed E-state index contributed by atoms with van der Waals surface area (Å²) in [4.78, 5) is 10.8. The minimum Gasteiger partial charge on any atom is -0.369 e. The number of amides is 1. The highest BCUT2D eigenvalue weighted by atomic mass is 79.9. The van der Waals surface area contributed by atoms with Crippen LogP contribution < -0.4 is 5.73 Å². The van der Waals surface area contributed by atoms with Gasteiger partial charge in [-0.1, -0.05) is 15.9 Å². The molecule has 2 N–H and O–H groups in total. The summed E-state index contributed by atoms with van der Waals surface area (Å²) in [5.74, 6) is -1.86. The first-order chi connectivity index (χ1) is 9.32. The van der Waals surface area contributed by atoms with Crippen LogP contribution in [0.3, 0.4) is 0 Å². The summed E-state index contributed by atoms with van der Waals surface area (Å²) in [7, 11) is -3.96. The van der Waals surface area contributed by atoms with Crippen LogP contribution in [-0.2, 0) is 14.8 Å². The maximum Gasteiger partial charge on any atom is 0.246 e. The second-order valence-electron chi connectivity index (χ2n) is 4.68. The van der Waals surface area contributed by atoms with Gasteiger partial charge in [-0.3, -0.25) is 4.79 Å². The van der Waals surface area contributed by atoms with E-state index in [1.165, 1.54) is 12.1 Å². The van der Waals surface area contributed by atoms with Crippen LogP contribution >= 0.6 is 15.9 Å². The number of hydrogen-bond acceptors (Lipinski definition) is 3. The van der Waals surface area contributed by atoms with E-state index in [0.29, 0.717) is 17.3 Å². The van der Waals surface area contributed by atoms with Gasteiger partial charge >= 0.3 is 0 Å². The molecule has 5 nitrogen and oxygen atoms in total. The van der Waals surface area contributed by atoms with Gasteiger partial charge in [0.1, 0.15) is 10.7 Å². The normalized spacial score (nSPS) is 20.8. The third kappa shape index (κ3) is 3.02. The standard InChI is InChI=1S/C12H14BrFN2O3S/c13-9-3-4-10(14)11(6-9)20(18,19)16-5-1-2-8(7-16)12(15)17/h3-4,6,8H,1-2,5,7H2,(H2,15,17)/t8-/m1/s1. The van der Waals surface area contributed by atoms with Crippen LogP contribution in [-0.4, -0.2) is 31.7 Å². The van der Waals surface area contributed by atoms with Gasteiger partial charge in [-0.2, -0.15) is 4.31 Å². The maximum absolute atomic E-state index is 13.8. The van der Waals surface area contributed by atoms with Crippen LogP contribution in [0, 0.1) is 11.7 Å². The molecule has 1 aliphatic heterocycles. The number of carbonyl (C=O) groups excluding carboxylic acids is 1. The topological polar surface area (TPSA) is 80.5 Å². The van der Waals surface area contributed by atoms with E-state index in [4.69, 9.17) is 5.73 Å². The lowest BCUT2D eigenvalue weighted by molar-refractivity contribution is -0.122. The molecule has 8 heteroatoms. The fraction of sp³-hybridized carbons (Fsp3) is 0.417. The highest BCUT2D eigenvalue weighted by Gasteiger charge is 2.33. The predicted octanol–water partition coefficient (Wildman–Crippen LogP) is 1.47. The zero-order valence-corrected chi connectivity index (χ0v) is 13.0. The molecule has 20 heavy (non-hydrogen) atoms. The number of nitrogens with two attached hydrogens (primary N) is 1. The Hall–Kier alpha value is -0.990. The highest BCUT2D eigenvalue weighted by molar-refractivity contribution is 9.10. The number of carbonyl (C=O) groups is 1. The van der Waals surface area contributed by atoms with Crippen LogP contribution in [0.15, 0.2) is 27.6 Å². The Kier molecular flexibility index (Phi) is 4.46. The van der Waals surface area contributed by atoms with Gasteiger partial charge in [0.2, 0.25) is 15.9 Å². The Morgan fingerprint density at radius 3 is 2.80 bits per heavy atom. The zero-order chi connectivity index (χ0) is 14.9. The van der Waals surface area contributed by atoms with Gasteiger partial charge in [0.05, 0.1) is 5.92 Å². The molecule has 1 heterocycles. The fourth-order valence-corrected chi connectivity index (χ4v) is 4.33. The summed E-state index contributed by atoms with van der Waals surface area (Å²) >= 11 is 3.12. The Morgan fingerprint density at radius 1 is 1.45 bits per heavy atom. The van der Waals surface area contributed by atoms with Gasteiger partial charge in [0, 0.05) is 17.6 Å². The van der Waals surface area contributed by atoms with E-state index in [1.807, 2.05) is 0 Å². The number of primary amides is 1. The molecular formula is C12H14BrFN2O3S. The molecule has 0 bridgehead atoms. The molecule has 1 aromatic rings. The Labute approximate surface area is 125 Å². The first kappa shape index (κ1) is 15.4. The highest BCUT2D eigenvalue weighted by Crippen LogP contribution is 2.27. The van der Waals surface area contributed by atoms with Crippen molar-refractivity contribution in [2.24, 2.45) is 11.7 Å². The maximum atomic E-state index is 13.8. The Morgan fingerprint density at radius 2 is 2.15 bits per heavy atom. The molecule has 1 amide bonds. The van der Waals surface area contributed by atoms with Gasteiger partial charge in [0.15, 0.2) is 0 Å². The van der Waals surface area contributed by atoms with Gasteiger partial charge < -0.3 is 5.73 Å². The van der Waals surface area contributed by atoms with Crippen LogP contribution in [0.4, 0.5) is 4.39 Å². The first-order valence-corrected chi connectivity index (χ1v) is 8.30. The van der Waals surface area contributed by atoms with Crippen molar-refractivity contribution in [3.63, 3.8) is 0 Å². The molecule has 0 aliphatic carbocycles. The lowest BCUT2D eigenvalue weighted by atomic mass is 9.99. The van der Waals surface area contributed by atoms with Gasteiger partial charge in [0.25, 0.3) is 0 Å². The summed E-state index contributed by atoms with van der Waals surface area (Å²) in [6.07, 6.45) is 1.09. The van der Waals surface area contributed by atoms with Crippen molar-refractivity contribution in [3.8, 4) is 0 Å². The molecule has 1 atom stereocenters.